The first-order valence-corrected chi connectivity index (χ1v) is 7.71. The zero-order chi connectivity index (χ0) is 13.7. The molecule has 0 radical (unpaired) electrons. The maximum absolute atomic E-state index is 11.1. The summed E-state index contributed by atoms with van der Waals surface area (Å²) in [5, 5.41) is 5.11. The van der Waals surface area contributed by atoms with Gasteiger partial charge in [-0.15, -0.1) is 0 Å². The molecule has 2 rings (SSSR count). The van der Waals surface area contributed by atoms with Crippen LogP contribution in [0.2, 0.25) is 0 Å². The lowest BCUT2D eigenvalue weighted by atomic mass is 10.2. The van der Waals surface area contributed by atoms with Crippen LogP contribution in [0, 0.1) is 0 Å². The van der Waals surface area contributed by atoms with Crippen molar-refractivity contribution < 1.29 is 4.79 Å². The Kier molecular flexibility index (Phi) is 5.04. The molecule has 1 aromatic heterocycles. The number of piperidine rings is 1. The van der Waals surface area contributed by atoms with Crippen LogP contribution in [0.25, 0.3) is 0 Å². The maximum atomic E-state index is 11.1. The quantitative estimate of drug-likeness (QED) is 0.859. The van der Waals surface area contributed by atoms with Gasteiger partial charge in [-0.3, -0.25) is 4.79 Å². The largest absolute Gasteiger partial charge is 0.326 e. The number of nitrogens with zero attached hydrogens (tertiary/aromatic N) is 3. The molecule has 0 spiro atoms. The molecule has 0 bridgehead atoms. The molecular weight excluding hydrogens is 260 g/mol. The van der Waals surface area contributed by atoms with Crippen LogP contribution < -0.4 is 9.73 Å². The van der Waals surface area contributed by atoms with Crippen LogP contribution in [-0.4, -0.2) is 35.2 Å². The Morgan fingerprint density at radius 1 is 1.42 bits per heavy atom. The number of hydrogen-bond donors (Lipinski definition) is 1. The van der Waals surface area contributed by atoms with Crippen LogP contribution in [-0.2, 0) is 4.79 Å². The third-order valence-electron chi connectivity index (χ3n) is 3.02. The van der Waals surface area contributed by atoms with E-state index in [1.54, 1.807) is 24.2 Å². The SMILES string of the molecule is CSN(c1cc(NC(C)=O)ccn1)N1CCCCC1. The van der Waals surface area contributed by atoms with Crippen molar-refractivity contribution in [2.75, 3.05) is 29.1 Å². The molecular formula is C13H20N4OS. The minimum Gasteiger partial charge on any atom is -0.326 e. The van der Waals surface area contributed by atoms with Gasteiger partial charge in [0.05, 0.1) is 0 Å². The highest BCUT2D eigenvalue weighted by Gasteiger charge is 2.19. The van der Waals surface area contributed by atoms with E-state index in [2.05, 4.69) is 19.7 Å². The maximum Gasteiger partial charge on any atom is 0.221 e. The molecule has 1 aromatic rings. The molecule has 1 N–H and O–H groups in total. The van der Waals surface area contributed by atoms with Crippen molar-refractivity contribution in [2.24, 2.45) is 0 Å². The molecule has 2 heterocycles. The van der Waals surface area contributed by atoms with Gasteiger partial charge in [-0.25, -0.2) is 14.4 Å². The smallest absolute Gasteiger partial charge is 0.221 e. The number of pyridine rings is 1. The van der Waals surface area contributed by atoms with Gasteiger partial charge < -0.3 is 5.32 Å². The van der Waals surface area contributed by atoms with Crippen molar-refractivity contribution in [3.63, 3.8) is 0 Å². The second-order valence-electron chi connectivity index (χ2n) is 4.55. The van der Waals surface area contributed by atoms with E-state index >= 15 is 0 Å². The van der Waals surface area contributed by atoms with Crippen LogP contribution in [0.15, 0.2) is 18.3 Å². The van der Waals surface area contributed by atoms with E-state index < -0.39 is 0 Å². The molecule has 1 amide bonds. The van der Waals surface area contributed by atoms with Crippen molar-refractivity contribution in [2.45, 2.75) is 26.2 Å². The van der Waals surface area contributed by atoms with Gasteiger partial charge in [-0.2, -0.15) is 0 Å². The normalized spacial score (nSPS) is 16.1. The highest BCUT2D eigenvalue weighted by Crippen LogP contribution is 2.25. The van der Waals surface area contributed by atoms with Crippen LogP contribution in [0.1, 0.15) is 26.2 Å². The second kappa shape index (κ2) is 6.77. The van der Waals surface area contributed by atoms with Crippen molar-refractivity contribution in [3.05, 3.63) is 18.3 Å². The van der Waals surface area contributed by atoms with Gasteiger partial charge in [-0.05, 0) is 30.9 Å². The van der Waals surface area contributed by atoms with E-state index in [0.29, 0.717) is 0 Å². The second-order valence-corrected chi connectivity index (χ2v) is 5.26. The fraction of sp³-hybridized carbons (Fsp3) is 0.538. The Labute approximate surface area is 118 Å². The van der Waals surface area contributed by atoms with Crippen LogP contribution in [0.3, 0.4) is 0 Å². The van der Waals surface area contributed by atoms with Gasteiger partial charge in [0.25, 0.3) is 0 Å². The number of carbonyl (C=O) groups is 1. The summed E-state index contributed by atoms with van der Waals surface area (Å²) >= 11 is 1.64. The summed E-state index contributed by atoms with van der Waals surface area (Å²) in [5.74, 6) is 0.798. The molecule has 1 aliphatic rings. The lowest BCUT2D eigenvalue weighted by Gasteiger charge is -2.36. The minimum atomic E-state index is -0.0641. The molecule has 0 aliphatic carbocycles. The topological polar surface area (TPSA) is 48.5 Å². The Morgan fingerprint density at radius 3 is 2.79 bits per heavy atom. The third-order valence-corrected chi connectivity index (χ3v) is 3.79. The summed E-state index contributed by atoms with van der Waals surface area (Å²) in [6.45, 7) is 3.64. The molecule has 0 aromatic carbocycles. The molecule has 0 unspecified atom stereocenters. The average Bonchev–Trinajstić information content (AvgIpc) is 2.40. The summed E-state index contributed by atoms with van der Waals surface area (Å²) in [4.78, 5) is 15.5. The van der Waals surface area contributed by atoms with E-state index in [1.165, 1.54) is 26.2 Å². The monoisotopic (exact) mass is 280 g/mol. The first-order chi connectivity index (χ1) is 9.20. The number of hydrazine groups is 1. The van der Waals surface area contributed by atoms with Crippen LogP contribution >= 0.6 is 11.9 Å². The zero-order valence-electron chi connectivity index (χ0n) is 11.4. The number of rotatable bonds is 4. The molecule has 1 saturated heterocycles. The van der Waals surface area contributed by atoms with E-state index in [-0.39, 0.29) is 5.91 Å². The Balaban J connectivity index is 2.15. The molecule has 0 saturated carbocycles. The predicted octanol–water partition coefficient (Wildman–Crippen LogP) is 2.53. The number of anilines is 2. The number of aromatic nitrogens is 1. The van der Waals surface area contributed by atoms with Gasteiger partial charge in [0.15, 0.2) is 5.82 Å². The lowest BCUT2D eigenvalue weighted by Crippen LogP contribution is -2.41. The highest BCUT2D eigenvalue weighted by atomic mass is 32.2. The van der Waals surface area contributed by atoms with Crippen molar-refractivity contribution >= 4 is 29.4 Å². The molecule has 1 aliphatic heterocycles. The van der Waals surface area contributed by atoms with Crippen LogP contribution in [0.5, 0.6) is 0 Å². The lowest BCUT2D eigenvalue weighted by molar-refractivity contribution is -0.114. The fourth-order valence-electron chi connectivity index (χ4n) is 2.22. The van der Waals surface area contributed by atoms with E-state index in [0.717, 1.165) is 24.6 Å². The molecule has 104 valence electrons. The van der Waals surface area contributed by atoms with Crippen LogP contribution in [0.4, 0.5) is 11.5 Å². The number of hydrogen-bond acceptors (Lipinski definition) is 5. The van der Waals surface area contributed by atoms with Gasteiger partial charge in [0.1, 0.15) is 0 Å². The fourth-order valence-corrected chi connectivity index (χ4v) is 2.90. The van der Waals surface area contributed by atoms with Gasteiger partial charge in [0, 0.05) is 44.2 Å². The van der Waals surface area contributed by atoms with Crippen molar-refractivity contribution in [1.82, 2.24) is 9.99 Å². The number of carbonyl (C=O) groups excluding carboxylic acids is 1. The Morgan fingerprint density at radius 2 is 2.16 bits per heavy atom. The standard InChI is InChI=1S/C13H20N4OS/c1-11(18)15-12-6-7-14-13(10-12)17(19-2)16-8-4-3-5-9-16/h6-7,10H,3-5,8-9H2,1-2H3,(H,14,15,18). The first-order valence-electron chi connectivity index (χ1n) is 6.53. The molecule has 1 fully saturated rings. The molecule has 6 heteroatoms. The third kappa shape index (κ3) is 3.84. The summed E-state index contributed by atoms with van der Waals surface area (Å²) in [5.41, 5.74) is 0.786. The van der Waals surface area contributed by atoms with E-state index in [9.17, 15) is 4.79 Å². The minimum absolute atomic E-state index is 0.0641. The average molecular weight is 280 g/mol. The molecule has 0 atom stereocenters. The first kappa shape index (κ1) is 14.1. The van der Waals surface area contributed by atoms with E-state index in [4.69, 9.17) is 0 Å². The van der Waals surface area contributed by atoms with Gasteiger partial charge in [-0.1, -0.05) is 6.42 Å². The number of nitrogens with one attached hydrogen (secondary N) is 1. The molecule has 5 nitrogen and oxygen atoms in total. The summed E-state index contributed by atoms with van der Waals surface area (Å²) in [7, 11) is 0. The Hall–Kier alpha value is -1.27. The Bertz CT molecular complexity index is 434. The van der Waals surface area contributed by atoms with E-state index in [1.807, 2.05) is 12.3 Å². The zero-order valence-corrected chi connectivity index (χ0v) is 12.2. The molecule has 19 heavy (non-hydrogen) atoms. The summed E-state index contributed by atoms with van der Waals surface area (Å²) in [6.07, 6.45) is 7.53. The number of amides is 1. The summed E-state index contributed by atoms with van der Waals surface area (Å²) in [6, 6.07) is 3.71. The van der Waals surface area contributed by atoms with Crippen molar-refractivity contribution in [3.8, 4) is 0 Å². The summed E-state index contributed by atoms with van der Waals surface area (Å²) < 4.78 is 2.12. The van der Waals surface area contributed by atoms with Gasteiger partial charge in [0.2, 0.25) is 5.91 Å². The highest BCUT2D eigenvalue weighted by molar-refractivity contribution is 7.99. The van der Waals surface area contributed by atoms with Crippen molar-refractivity contribution in [1.29, 1.82) is 0 Å². The van der Waals surface area contributed by atoms with Gasteiger partial charge >= 0.3 is 0 Å². The predicted molar refractivity (Wildman–Crippen MR) is 80.0 cm³/mol.